The highest BCUT2D eigenvalue weighted by atomic mass is 35.5. The molecule has 146 valence electrons. The Labute approximate surface area is 177 Å². The quantitative estimate of drug-likeness (QED) is 0.569. The number of hydrogen-bond acceptors (Lipinski definition) is 5. The molecular weight excluding hydrogens is 408 g/mol. The van der Waals surface area contributed by atoms with Crippen LogP contribution in [0, 0.1) is 12.8 Å². The number of rotatable bonds is 3. The lowest BCUT2D eigenvalue weighted by Gasteiger charge is -2.28. The lowest BCUT2D eigenvalue weighted by Crippen LogP contribution is -2.37. The fourth-order valence-electron chi connectivity index (χ4n) is 4.04. The van der Waals surface area contributed by atoms with Crippen molar-refractivity contribution in [3.8, 4) is 0 Å². The summed E-state index contributed by atoms with van der Waals surface area (Å²) < 4.78 is 0. The van der Waals surface area contributed by atoms with Gasteiger partial charge in [-0.2, -0.15) is 0 Å². The van der Waals surface area contributed by atoms with Crippen molar-refractivity contribution in [3.63, 3.8) is 0 Å². The Bertz CT molecular complexity index is 1090. The van der Waals surface area contributed by atoms with Crippen molar-refractivity contribution in [1.82, 2.24) is 0 Å². The molecule has 2 amide bonds. The van der Waals surface area contributed by atoms with E-state index in [1.54, 1.807) is 41.5 Å². The second-order valence-electron chi connectivity index (χ2n) is 7.07. The molecule has 0 radical (unpaired) electrons. The highest BCUT2D eigenvalue weighted by Gasteiger charge is 2.60. The normalized spacial score (nSPS) is 23.7. The molecule has 0 spiro atoms. The molecule has 3 heterocycles. The van der Waals surface area contributed by atoms with Gasteiger partial charge in [0.2, 0.25) is 5.91 Å². The van der Waals surface area contributed by atoms with Crippen molar-refractivity contribution in [2.24, 2.45) is 5.92 Å². The van der Waals surface area contributed by atoms with Gasteiger partial charge in [-0.15, -0.1) is 11.3 Å². The van der Waals surface area contributed by atoms with Gasteiger partial charge in [-0.1, -0.05) is 41.9 Å². The van der Waals surface area contributed by atoms with Crippen LogP contribution in [-0.4, -0.2) is 17.9 Å². The summed E-state index contributed by atoms with van der Waals surface area (Å²) in [6.45, 7) is 1.81. The first-order chi connectivity index (χ1) is 14.1. The van der Waals surface area contributed by atoms with Crippen LogP contribution >= 0.6 is 22.9 Å². The van der Waals surface area contributed by atoms with Crippen molar-refractivity contribution >= 4 is 46.1 Å². The van der Waals surface area contributed by atoms with E-state index in [-0.39, 0.29) is 17.9 Å². The molecule has 29 heavy (non-hydrogen) atoms. The Kier molecular flexibility index (Phi) is 4.42. The minimum atomic E-state index is -0.867. The molecule has 2 fully saturated rings. The lowest BCUT2D eigenvalue weighted by atomic mass is 9.95. The molecule has 0 N–H and O–H groups in total. The highest BCUT2D eigenvalue weighted by molar-refractivity contribution is 7.10. The summed E-state index contributed by atoms with van der Waals surface area (Å²) in [4.78, 5) is 35.1. The summed E-state index contributed by atoms with van der Waals surface area (Å²) in [6.07, 6.45) is -0.867. The molecule has 2 aromatic carbocycles. The van der Waals surface area contributed by atoms with Crippen LogP contribution in [0.25, 0.3) is 0 Å². The summed E-state index contributed by atoms with van der Waals surface area (Å²) in [7, 11) is 0. The molecule has 5 rings (SSSR count). The monoisotopic (exact) mass is 424 g/mol. The smallest absolute Gasteiger partial charge is 0.266 e. The first-order valence-corrected chi connectivity index (χ1v) is 10.5. The van der Waals surface area contributed by atoms with Gasteiger partial charge in [0.05, 0.1) is 11.4 Å². The largest absolute Gasteiger partial charge is 0.273 e. The van der Waals surface area contributed by atoms with Gasteiger partial charge < -0.3 is 0 Å². The minimum absolute atomic E-state index is 0.262. The molecule has 1 aromatic heterocycles. The Balaban J connectivity index is 1.59. The van der Waals surface area contributed by atoms with E-state index in [1.807, 2.05) is 47.8 Å². The van der Waals surface area contributed by atoms with Gasteiger partial charge in [0.1, 0.15) is 12.0 Å². The Morgan fingerprint density at radius 1 is 0.966 bits per heavy atom. The average Bonchev–Trinajstić information content (AvgIpc) is 3.43. The third kappa shape index (κ3) is 2.79. The number of imide groups is 1. The number of hydroxylamine groups is 1. The number of nitrogens with zero attached hydrogens (tertiary/aromatic N) is 2. The molecule has 2 aliphatic heterocycles. The second kappa shape index (κ2) is 6.99. The number of anilines is 2. The van der Waals surface area contributed by atoms with E-state index in [4.69, 9.17) is 16.4 Å². The van der Waals surface area contributed by atoms with Crippen LogP contribution in [0.15, 0.2) is 66.0 Å². The fraction of sp³-hybridized carbons (Fsp3) is 0.182. The SMILES string of the molecule is Cc1c(Cl)cccc1N1C(=O)[C@H]2[C@H](ON(c3ccccc3)[C@H]2c2cccs2)C1=O. The predicted octanol–water partition coefficient (Wildman–Crippen LogP) is 4.76. The topological polar surface area (TPSA) is 49.9 Å². The van der Waals surface area contributed by atoms with E-state index < -0.39 is 12.0 Å². The molecule has 2 saturated heterocycles. The maximum absolute atomic E-state index is 13.5. The summed E-state index contributed by atoms with van der Waals surface area (Å²) in [5.41, 5.74) is 2.02. The number of hydrogen-bond donors (Lipinski definition) is 0. The summed E-state index contributed by atoms with van der Waals surface area (Å²) in [6, 6.07) is 18.3. The van der Waals surface area contributed by atoms with Crippen LogP contribution < -0.4 is 9.96 Å². The third-order valence-electron chi connectivity index (χ3n) is 5.44. The number of para-hydroxylation sites is 1. The van der Waals surface area contributed by atoms with Gasteiger partial charge in [-0.05, 0) is 48.2 Å². The van der Waals surface area contributed by atoms with Gasteiger partial charge in [-0.25, -0.2) is 9.96 Å². The first kappa shape index (κ1) is 18.4. The maximum Gasteiger partial charge on any atom is 0.266 e. The van der Waals surface area contributed by atoms with E-state index in [2.05, 4.69) is 0 Å². The average molecular weight is 425 g/mol. The molecule has 0 unspecified atom stereocenters. The van der Waals surface area contributed by atoms with Gasteiger partial charge in [0.25, 0.3) is 5.91 Å². The van der Waals surface area contributed by atoms with Gasteiger partial charge >= 0.3 is 0 Å². The van der Waals surface area contributed by atoms with E-state index in [0.29, 0.717) is 16.3 Å². The van der Waals surface area contributed by atoms with E-state index in [9.17, 15) is 9.59 Å². The number of fused-ring (bicyclic) bond motifs is 1. The van der Waals surface area contributed by atoms with Gasteiger partial charge in [0.15, 0.2) is 6.10 Å². The molecule has 0 bridgehead atoms. The van der Waals surface area contributed by atoms with Gasteiger partial charge in [0, 0.05) is 9.90 Å². The maximum atomic E-state index is 13.5. The first-order valence-electron chi connectivity index (χ1n) is 9.25. The molecule has 3 aromatic rings. The third-order valence-corrected chi connectivity index (χ3v) is 6.79. The molecule has 3 atom stereocenters. The fourth-order valence-corrected chi connectivity index (χ4v) is 5.06. The number of halogens is 1. The van der Waals surface area contributed by atoms with E-state index in [0.717, 1.165) is 10.6 Å². The van der Waals surface area contributed by atoms with Crippen LogP contribution in [0.3, 0.4) is 0 Å². The van der Waals surface area contributed by atoms with Crippen molar-refractivity contribution in [2.75, 3.05) is 9.96 Å². The second-order valence-corrected chi connectivity index (χ2v) is 8.46. The van der Waals surface area contributed by atoms with Crippen molar-refractivity contribution in [3.05, 3.63) is 81.5 Å². The van der Waals surface area contributed by atoms with Crippen LogP contribution in [0.1, 0.15) is 16.5 Å². The van der Waals surface area contributed by atoms with Gasteiger partial charge in [-0.3, -0.25) is 14.4 Å². The summed E-state index contributed by atoms with van der Waals surface area (Å²) >= 11 is 7.78. The zero-order valence-electron chi connectivity index (χ0n) is 15.5. The zero-order valence-corrected chi connectivity index (χ0v) is 17.1. The zero-order chi connectivity index (χ0) is 20.1. The number of amides is 2. The number of thiophene rings is 1. The van der Waals surface area contributed by atoms with Crippen LogP contribution in [0.5, 0.6) is 0 Å². The van der Waals surface area contributed by atoms with E-state index >= 15 is 0 Å². The Morgan fingerprint density at radius 2 is 1.76 bits per heavy atom. The van der Waals surface area contributed by atoms with Crippen molar-refractivity contribution < 1.29 is 14.4 Å². The summed E-state index contributed by atoms with van der Waals surface area (Å²) in [5.74, 6) is -1.24. The molecule has 0 saturated carbocycles. The van der Waals surface area contributed by atoms with Crippen LogP contribution in [-0.2, 0) is 14.4 Å². The van der Waals surface area contributed by atoms with Crippen LogP contribution in [0.2, 0.25) is 5.02 Å². The molecular formula is C22H17ClN2O3S. The Morgan fingerprint density at radius 3 is 2.48 bits per heavy atom. The molecule has 0 aliphatic carbocycles. The molecule has 5 nitrogen and oxygen atoms in total. The van der Waals surface area contributed by atoms with Crippen LogP contribution in [0.4, 0.5) is 11.4 Å². The molecule has 2 aliphatic rings. The Hall–Kier alpha value is -2.67. The van der Waals surface area contributed by atoms with E-state index in [1.165, 1.54) is 4.90 Å². The molecule has 7 heteroatoms. The number of carbonyl (C=O) groups excluding carboxylic acids is 2. The standard InChI is InChI=1S/C22H17ClN2O3S/c1-13-15(23)9-5-10-16(13)24-21(26)18-19(17-11-6-12-29-17)25(28-20(18)22(24)27)14-7-3-2-4-8-14/h2-12,18-20H,1H3/t18-,19+,20+/m1/s1. The number of carbonyl (C=O) groups is 2. The lowest BCUT2D eigenvalue weighted by molar-refractivity contribution is -0.126. The highest BCUT2D eigenvalue weighted by Crippen LogP contribution is 2.49. The predicted molar refractivity (Wildman–Crippen MR) is 113 cm³/mol. The minimum Gasteiger partial charge on any atom is -0.273 e. The summed E-state index contributed by atoms with van der Waals surface area (Å²) in [5, 5.41) is 4.19. The van der Waals surface area contributed by atoms with Crippen molar-refractivity contribution in [2.45, 2.75) is 19.1 Å². The van der Waals surface area contributed by atoms with Crippen molar-refractivity contribution in [1.29, 1.82) is 0 Å². The number of benzene rings is 2.